The Kier molecular flexibility index (Phi) is 6.43. The van der Waals surface area contributed by atoms with Crippen LogP contribution in [0.4, 0.5) is 4.39 Å². The summed E-state index contributed by atoms with van der Waals surface area (Å²) in [7, 11) is -3.62. The van der Waals surface area contributed by atoms with Gasteiger partial charge >= 0.3 is 0 Å². The van der Waals surface area contributed by atoms with Crippen molar-refractivity contribution in [1.82, 2.24) is 20.3 Å². The number of amides is 1. The van der Waals surface area contributed by atoms with Crippen LogP contribution in [0, 0.1) is 12.7 Å². The lowest BCUT2D eigenvalue weighted by molar-refractivity contribution is 0.0950. The number of hydrogen-bond acceptors (Lipinski definition) is 5. The first-order valence-corrected chi connectivity index (χ1v) is 13.6. The molecule has 0 aliphatic rings. The van der Waals surface area contributed by atoms with Crippen LogP contribution in [0.25, 0.3) is 21.8 Å². The molecule has 0 atom stereocenters. The van der Waals surface area contributed by atoms with E-state index in [2.05, 4.69) is 20.3 Å². The first kappa shape index (κ1) is 24.9. The molecular weight excluding hydrogens is 515 g/mol. The van der Waals surface area contributed by atoms with E-state index in [0.29, 0.717) is 43.8 Å². The van der Waals surface area contributed by atoms with Gasteiger partial charge in [0.25, 0.3) is 5.91 Å². The highest BCUT2D eigenvalue weighted by Gasteiger charge is 2.21. The van der Waals surface area contributed by atoms with E-state index in [9.17, 15) is 17.6 Å². The molecule has 1 amide bonds. The molecule has 0 fully saturated rings. The lowest BCUT2D eigenvalue weighted by atomic mass is 10.0. The minimum atomic E-state index is -3.62. The first-order valence-electron chi connectivity index (χ1n) is 11.4. The maximum Gasteiger partial charge on any atom is 0.251 e. The van der Waals surface area contributed by atoms with E-state index in [0.717, 1.165) is 17.2 Å². The second-order valence-corrected chi connectivity index (χ2v) is 11.2. The van der Waals surface area contributed by atoms with Crippen molar-refractivity contribution in [2.45, 2.75) is 24.9 Å². The number of pyridine rings is 2. The number of hydrogen-bond donors (Lipinski definition) is 2. The fraction of sp³-hybridized carbons (Fsp3) is 0.148. The van der Waals surface area contributed by atoms with E-state index in [-0.39, 0.29) is 18.0 Å². The number of para-hydroxylation sites is 1. The number of carbonyl (C=O) groups excluding carboxylic acids is 1. The van der Waals surface area contributed by atoms with E-state index >= 15 is 0 Å². The van der Waals surface area contributed by atoms with Crippen LogP contribution in [0.1, 0.15) is 32.7 Å². The van der Waals surface area contributed by atoms with Gasteiger partial charge in [0.1, 0.15) is 5.82 Å². The fourth-order valence-electron chi connectivity index (χ4n) is 4.37. The Bertz CT molecular complexity index is 1800. The molecule has 0 saturated heterocycles. The van der Waals surface area contributed by atoms with Crippen molar-refractivity contribution in [3.8, 4) is 0 Å². The number of halogens is 2. The highest BCUT2D eigenvalue weighted by molar-refractivity contribution is 7.90. The average molecular weight is 537 g/mol. The van der Waals surface area contributed by atoms with Gasteiger partial charge in [0.05, 0.1) is 10.5 Å². The van der Waals surface area contributed by atoms with Crippen LogP contribution in [0.3, 0.4) is 0 Å². The molecule has 2 aromatic carbocycles. The second-order valence-electron chi connectivity index (χ2n) is 8.83. The lowest BCUT2D eigenvalue weighted by Crippen LogP contribution is -2.23. The number of nitrogens with one attached hydrogen (secondary N) is 2. The van der Waals surface area contributed by atoms with E-state index < -0.39 is 21.6 Å². The van der Waals surface area contributed by atoms with Crippen LogP contribution < -0.4 is 5.32 Å². The highest BCUT2D eigenvalue weighted by Crippen LogP contribution is 2.28. The van der Waals surface area contributed by atoms with Crippen molar-refractivity contribution < 1.29 is 17.6 Å². The Morgan fingerprint density at radius 1 is 1.14 bits per heavy atom. The SMILES string of the molecule is Cc1c(Cc2cc(C(=O)NCc3cc4c(Cl)c[nH]c4cc3F)ccn2)c(S(C)(=O)=O)nc2ccccc12. The van der Waals surface area contributed by atoms with Crippen LogP contribution in [-0.4, -0.2) is 35.5 Å². The van der Waals surface area contributed by atoms with Gasteiger partial charge in [-0.05, 0) is 48.4 Å². The summed E-state index contributed by atoms with van der Waals surface area (Å²) >= 11 is 6.13. The number of nitrogens with zero attached hydrogens (tertiary/aromatic N) is 2. The van der Waals surface area contributed by atoms with Crippen molar-refractivity contribution >= 4 is 49.2 Å². The average Bonchev–Trinajstić information content (AvgIpc) is 3.22. The third kappa shape index (κ3) is 4.92. The van der Waals surface area contributed by atoms with Crippen LogP contribution in [0.15, 0.2) is 66.0 Å². The van der Waals surface area contributed by atoms with Crippen molar-refractivity contribution in [2.75, 3.05) is 6.26 Å². The number of aromatic amines is 1. The predicted molar refractivity (Wildman–Crippen MR) is 141 cm³/mol. The molecule has 0 saturated carbocycles. The standard InChI is InChI=1S/C27H22ClFN4O3S/c1-15-19-5-3-4-6-24(19)33-27(37(2,35)36)20(15)11-18-9-16(7-8-30-18)26(34)32-13-17-10-21-22(28)14-31-25(21)12-23(17)29/h3-10,12,14,31H,11,13H2,1-2H3,(H,32,34). The van der Waals surface area contributed by atoms with Gasteiger partial charge in [0.2, 0.25) is 0 Å². The smallest absolute Gasteiger partial charge is 0.251 e. The Labute approximate surface area is 217 Å². The van der Waals surface area contributed by atoms with E-state index in [1.807, 2.05) is 19.1 Å². The third-order valence-electron chi connectivity index (χ3n) is 6.27. The van der Waals surface area contributed by atoms with Gasteiger partial charge in [0, 0.05) is 64.7 Å². The molecule has 3 heterocycles. The van der Waals surface area contributed by atoms with Gasteiger partial charge in [-0.3, -0.25) is 9.78 Å². The number of H-pyrrole nitrogens is 1. The normalized spacial score (nSPS) is 11.8. The quantitative estimate of drug-likeness (QED) is 0.313. The monoisotopic (exact) mass is 536 g/mol. The van der Waals surface area contributed by atoms with E-state index in [1.54, 1.807) is 36.5 Å². The van der Waals surface area contributed by atoms with Gasteiger partial charge in [-0.1, -0.05) is 29.8 Å². The summed E-state index contributed by atoms with van der Waals surface area (Å²) in [5.74, 6) is -0.880. The summed E-state index contributed by atoms with van der Waals surface area (Å²) in [5.41, 5.74) is 3.61. The van der Waals surface area contributed by atoms with Gasteiger partial charge in [-0.25, -0.2) is 17.8 Å². The number of carbonyl (C=O) groups is 1. The minimum Gasteiger partial charge on any atom is -0.360 e. The Morgan fingerprint density at radius 3 is 2.70 bits per heavy atom. The topological polar surface area (TPSA) is 105 Å². The van der Waals surface area contributed by atoms with Crippen LogP contribution >= 0.6 is 11.6 Å². The van der Waals surface area contributed by atoms with Crippen molar-refractivity contribution in [3.05, 3.63) is 99.7 Å². The van der Waals surface area contributed by atoms with Crippen molar-refractivity contribution in [3.63, 3.8) is 0 Å². The van der Waals surface area contributed by atoms with Crippen LogP contribution in [-0.2, 0) is 22.8 Å². The van der Waals surface area contributed by atoms with Gasteiger partial charge in [0.15, 0.2) is 14.9 Å². The maximum absolute atomic E-state index is 14.5. The summed E-state index contributed by atoms with van der Waals surface area (Å²) in [6.07, 6.45) is 4.36. The summed E-state index contributed by atoms with van der Waals surface area (Å²) in [6.45, 7) is 1.82. The molecule has 0 bridgehead atoms. The molecule has 0 unspecified atom stereocenters. The van der Waals surface area contributed by atoms with Crippen LogP contribution in [0.2, 0.25) is 5.02 Å². The zero-order valence-electron chi connectivity index (χ0n) is 20.0. The number of sulfone groups is 1. The largest absolute Gasteiger partial charge is 0.360 e. The summed E-state index contributed by atoms with van der Waals surface area (Å²) in [4.78, 5) is 24.5. The molecule has 0 radical (unpaired) electrons. The summed E-state index contributed by atoms with van der Waals surface area (Å²) in [6, 6.07) is 13.4. The van der Waals surface area contributed by atoms with Crippen molar-refractivity contribution in [1.29, 1.82) is 0 Å². The number of fused-ring (bicyclic) bond motifs is 2. The number of rotatable bonds is 6. The molecule has 0 aliphatic carbocycles. The Balaban J connectivity index is 1.41. The lowest BCUT2D eigenvalue weighted by Gasteiger charge is -2.14. The molecule has 2 N–H and O–H groups in total. The number of benzene rings is 2. The number of aryl methyl sites for hydroxylation is 1. The molecule has 7 nitrogen and oxygen atoms in total. The zero-order chi connectivity index (χ0) is 26.3. The molecule has 5 aromatic rings. The van der Waals surface area contributed by atoms with Gasteiger partial charge < -0.3 is 10.3 Å². The molecule has 3 aromatic heterocycles. The summed E-state index contributed by atoms with van der Waals surface area (Å²) in [5, 5.41) is 4.70. The molecule has 0 aliphatic heterocycles. The second kappa shape index (κ2) is 9.57. The van der Waals surface area contributed by atoms with Crippen molar-refractivity contribution in [2.24, 2.45) is 0 Å². The molecule has 5 rings (SSSR count). The maximum atomic E-state index is 14.5. The zero-order valence-corrected chi connectivity index (χ0v) is 21.5. The molecule has 0 spiro atoms. The van der Waals surface area contributed by atoms with E-state index in [4.69, 9.17) is 11.6 Å². The molecular formula is C27H22ClFN4O3S. The predicted octanol–water partition coefficient (Wildman–Crippen LogP) is 5.14. The minimum absolute atomic E-state index is 0.00496. The fourth-order valence-corrected chi connectivity index (χ4v) is 5.52. The number of aromatic nitrogens is 3. The van der Waals surface area contributed by atoms with Gasteiger partial charge in [-0.2, -0.15) is 0 Å². The van der Waals surface area contributed by atoms with E-state index in [1.165, 1.54) is 12.3 Å². The molecule has 10 heteroatoms. The highest BCUT2D eigenvalue weighted by atomic mass is 35.5. The Morgan fingerprint density at radius 2 is 1.92 bits per heavy atom. The molecule has 37 heavy (non-hydrogen) atoms. The first-order chi connectivity index (χ1) is 17.6. The van der Waals surface area contributed by atoms with Crippen LogP contribution in [0.5, 0.6) is 0 Å². The third-order valence-corrected chi connectivity index (χ3v) is 7.62. The van der Waals surface area contributed by atoms with Gasteiger partial charge in [-0.15, -0.1) is 0 Å². The molecule has 188 valence electrons. The summed E-state index contributed by atoms with van der Waals surface area (Å²) < 4.78 is 39.6. The Hall–Kier alpha value is -3.82.